The zero-order chi connectivity index (χ0) is 15.4. The van der Waals surface area contributed by atoms with Crippen molar-refractivity contribution in [3.63, 3.8) is 0 Å². The predicted octanol–water partition coefficient (Wildman–Crippen LogP) is 2.52. The van der Waals surface area contributed by atoms with Crippen molar-refractivity contribution < 1.29 is 14.7 Å². The molecule has 0 unspecified atom stereocenters. The molecule has 7 heteroatoms. The molecule has 2 rings (SSSR count). The van der Waals surface area contributed by atoms with Crippen molar-refractivity contribution in [3.8, 4) is 0 Å². The summed E-state index contributed by atoms with van der Waals surface area (Å²) < 4.78 is 0.848. The van der Waals surface area contributed by atoms with Gasteiger partial charge in [0.15, 0.2) is 0 Å². The molecular weight excluding hydrogens is 356 g/mol. The maximum absolute atomic E-state index is 12.4. The molecule has 1 aromatic rings. The number of piperidine rings is 1. The van der Waals surface area contributed by atoms with E-state index in [-0.39, 0.29) is 18.5 Å². The third kappa shape index (κ3) is 4.05. The van der Waals surface area contributed by atoms with Gasteiger partial charge < -0.3 is 10.0 Å². The molecule has 21 heavy (non-hydrogen) atoms. The smallest absolute Gasteiger partial charge is 0.317 e. The third-order valence-corrected chi connectivity index (χ3v) is 5.65. The lowest BCUT2D eigenvalue weighted by Crippen LogP contribution is -2.48. The van der Waals surface area contributed by atoms with E-state index in [1.807, 2.05) is 28.2 Å². The predicted molar refractivity (Wildman–Crippen MR) is 85.8 cm³/mol. The maximum Gasteiger partial charge on any atom is 0.317 e. The van der Waals surface area contributed by atoms with Crippen LogP contribution in [-0.4, -0.2) is 59.0 Å². The number of carboxylic acid groups (broad SMARTS) is 1. The van der Waals surface area contributed by atoms with Crippen LogP contribution in [0.15, 0.2) is 15.9 Å². The SMILES string of the molecule is CCN(CC(=O)O)C1CCN(C(=O)c2sccc2Br)CC1. The van der Waals surface area contributed by atoms with Crippen LogP contribution in [0.5, 0.6) is 0 Å². The van der Waals surface area contributed by atoms with Crippen LogP contribution in [0.25, 0.3) is 0 Å². The van der Waals surface area contributed by atoms with Crippen molar-refractivity contribution in [2.45, 2.75) is 25.8 Å². The van der Waals surface area contributed by atoms with Crippen molar-refractivity contribution in [1.29, 1.82) is 0 Å². The number of halogens is 1. The Labute approximate surface area is 136 Å². The minimum atomic E-state index is -0.794. The molecular formula is C14H19BrN2O3S. The summed E-state index contributed by atoms with van der Waals surface area (Å²) in [6.07, 6.45) is 1.66. The summed E-state index contributed by atoms with van der Waals surface area (Å²) in [6.45, 7) is 4.14. The van der Waals surface area contributed by atoms with Crippen LogP contribution in [0.4, 0.5) is 0 Å². The monoisotopic (exact) mass is 374 g/mol. The second-order valence-electron chi connectivity index (χ2n) is 5.08. The van der Waals surface area contributed by atoms with Crippen LogP contribution in [0.3, 0.4) is 0 Å². The van der Waals surface area contributed by atoms with E-state index in [9.17, 15) is 9.59 Å². The quantitative estimate of drug-likeness (QED) is 0.859. The van der Waals surface area contributed by atoms with E-state index in [1.165, 1.54) is 11.3 Å². The number of hydrogen-bond donors (Lipinski definition) is 1. The average molecular weight is 375 g/mol. The fraction of sp³-hybridized carbons (Fsp3) is 0.571. The van der Waals surface area contributed by atoms with Crippen molar-refractivity contribution in [2.75, 3.05) is 26.2 Å². The number of likely N-dealkylation sites (tertiary alicyclic amines) is 1. The van der Waals surface area contributed by atoms with E-state index >= 15 is 0 Å². The molecule has 2 heterocycles. The molecule has 1 aromatic heterocycles. The summed E-state index contributed by atoms with van der Waals surface area (Å²) in [7, 11) is 0. The number of carbonyl (C=O) groups excluding carboxylic acids is 1. The summed E-state index contributed by atoms with van der Waals surface area (Å²) in [5, 5.41) is 10.8. The van der Waals surface area contributed by atoms with Gasteiger partial charge in [0, 0.05) is 23.6 Å². The molecule has 0 aromatic carbocycles. The standard InChI is InChI=1S/C14H19BrN2O3S/c1-2-16(9-12(18)19)10-3-6-17(7-4-10)14(20)13-11(15)5-8-21-13/h5,8,10H,2-4,6-7,9H2,1H3,(H,18,19). The first-order valence-corrected chi connectivity index (χ1v) is 8.68. The zero-order valence-corrected chi connectivity index (χ0v) is 14.3. The van der Waals surface area contributed by atoms with Crippen LogP contribution in [0.2, 0.25) is 0 Å². The first-order chi connectivity index (χ1) is 10.0. The van der Waals surface area contributed by atoms with E-state index in [4.69, 9.17) is 5.11 Å². The van der Waals surface area contributed by atoms with Gasteiger partial charge in [0.1, 0.15) is 4.88 Å². The number of carboxylic acids is 1. The Morgan fingerprint density at radius 1 is 1.48 bits per heavy atom. The second kappa shape index (κ2) is 7.38. The highest BCUT2D eigenvalue weighted by Gasteiger charge is 2.28. The molecule has 1 aliphatic heterocycles. The Morgan fingerprint density at radius 2 is 2.14 bits per heavy atom. The average Bonchev–Trinajstić information content (AvgIpc) is 2.90. The Kier molecular flexibility index (Phi) is 5.78. The maximum atomic E-state index is 12.4. The Bertz CT molecular complexity index is 512. The number of rotatable bonds is 5. The van der Waals surface area contributed by atoms with Gasteiger partial charge in [0.2, 0.25) is 0 Å². The van der Waals surface area contributed by atoms with Gasteiger partial charge in [-0.3, -0.25) is 14.5 Å². The van der Waals surface area contributed by atoms with Gasteiger partial charge in [-0.15, -0.1) is 11.3 Å². The lowest BCUT2D eigenvalue weighted by atomic mass is 10.0. The molecule has 1 aliphatic rings. The van der Waals surface area contributed by atoms with Gasteiger partial charge >= 0.3 is 5.97 Å². The third-order valence-electron chi connectivity index (χ3n) is 3.82. The number of amides is 1. The van der Waals surface area contributed by atoms with E-state index < -0.39 is 5.97 Å². The number of likely N-dealkylation sites (N-methyl/N-ethyl adjacent to an activating group) is 1. The van der Waals surface area contributed by atoms with Crippen molar-refractivity contribution in [2.24, 2.45) is 0 Å². The summed E-state index contributed by atoms with van der Waals surface area (Å²) in [6, 6.07) is 2.14. The topological polar surface area (TPSA) is 60.9 Å². The number of nitrogens with zero attached hydrogens (tertiary/aromatic N) is 2. The van der Waals surface area contributed by atoms with Crippen molar-refractivity contribution >= 4 is 39.1 Å². The number of aliphatic carboxylic acids is 1. The van der Waals surface area contributed by atoms with Gasteiger partial charge in [0.05, 0.1) is 6.54 Å². The second-order valence-corrected chi connectivity index (χ2v) is 6.85. The molecule has 0 spiro atoms. The first-order valence-electron chi connectivity index (χ1n) is 7.01. The van der Waals surface area contributed by atoms with E-state index in [0.717, 1.165) is 28.7 Å². The highest BCUT2D eigenvalue weighted by molar-refractivity contribution is 9.10. The lowest BCUT2D eigenvalue weighted by molar-refractivity contribution is -0.139. The van der Waals surface area contributed by atoms with Crippen LogP contribution >= 0.6 is 27.3 Å². The number of hydrogen-bond acceptors (Lipinski definition) is 4. The minimum absolute atomic E-state index is 0.0663. The summed E-state index contributed by atoms with van der Waals surface area (Å²) >= 11 is 4.84. The minimum Gasteiger partial charge on any atom is -0.480 e. The molecule has 116 valence electrons. The molecule has 0 atom stereocenters. The molecule has 0 saturated carbocycles. The van der Waals surface area contributed by atoms with Crippen LogP contribution in [-0.2, 0) is 4.79 Å². The molecule has 5 nitrogen and oxygen atoms in total. The van der Waals surface area contributed by atoms with Crippen LogP contribution < -0.4 is 0 Å². The first kappa shape index (κ1) is 16.5. The van der Waals surface area contributed by atoms with Gasteiger partial charge in [-0.2, -0.15) is 0 Å². The molecule has 0 bridgehead atoms. The molecule has 1 N–H and O–H groups in total. The van der Waals surface area contributed by atoms with Crippen LogP contribution in [0.1, 0.15) is 29.4 Å². The Morgan fingerprint density at radius 3 is 2.62 bits per heavy atom. The largest absolute Gasteiger partial charge is 0.480 e. The van der Waals surface area contributed by atoms with Crippen LogP contribution in [0, 0.1) is 0 Å². The fourth-order valence-corrected chi connectivity index (χ4v) is 4.20. The highest BCUT2D eigenvalue weighted by Crippen LogP contribution is 2.26. The summed E-state index contributed by atoms with van der Waals surface area (Å²) in [5.41, 5.74) is 0. The fourth-order valence-electron chi connectivity index (χ4n) is 2.70. The molecule has 1 saturated heterocycles. The van der Waals surface area contributed by atoms with Gasteiger partial charge in [-0.05, 0) is 46.8 Å². The normalized spacial score (nSPS) is 16.4. The van der Waals surface area contributed by atoms with Gasteiger partial charge in [-0.1, -0.05) is 6.92 Å². The highest BCUT2D eigenvalue weighted by atomic mass is 79.9. The number of carbonyl (C=O) groups is 2. The molecule has 1 fully saturated rings. The van der Waals surface area contributed by atoms with Crippen molar-refractivity contribution in [1.82, 2.24) is 9.80 Å². The summed E-state index contributed by atoms with van der Waals surface area (Å²) in [4.78, 5) is 27.9. The molecule has 0 aliphatic carbocycles. The van der Waals surface area contributed by atoms with Gasteiger partial charge in [0.25, 0.3) is 5.91 Å². The number of thiophene rings is 1. The summed E-state index contributed by atoms with van der Waals surface area (Å²) in [5.74, 6) is -0.727. The van der Waals surface area contributed by atoms with Gasteiger partial charge in [-0.25, -0.2) is 0 Å². The zero-order valence-electron chi connectivity index (χ0n) is 11.9. The molecule has 0 radical (unpaired) electrons. The van der Waals surface area contributed by atoms with Crippen molar-refractivity contribution in [3.05, 3.63) is 20.8 Å². The van der Waals surface area contributed by atoms with E-state index in [0.29, 0.717) is 13.1 Å². The lowest BCUT2D eigenvalue weighted by Gasteiger charge is -2.37. The Hall–Kier alpha value is -0.920. The molecule has 1 amide bonds. The van der Waals surface area contributed by atoms with E-state index in [1.54, 1.807) is 0 Å². The van der Waals surface area contributed by atoms with E-state index in [2.05, 4.69) is 15.9 Å². The Balaban J connectivity index is 1.92.